The Morgan fingerprint density at radius 1 is 1.16 bits per heavy atom. The van der Waals surface area contributed by atoms with Crippen LogP contribution >= 0.6 is 23.1 Å². The van der Waals surface area contributed by atoms with Gasteiger partial charge in [-0.1, -0.05) is 49.9 Å². The number of anilines is 1. The van der Waals surface area contributed by atoms with Crippen LogP contribution in [0.4, 0.5) is 5.69 Å². The van der Waals surface area contributed by atoms with Crippen LogP contribution in [0.2, 0.25) is 0 Å². The van der Waals surface area contributed by atoms with Crippen LogP contribution in [0.1, 0.15) is 32.3 Å². The van der Waals surface area contributed by atoms with Crippen molar-refractivity contribution in [2.45, 2.75) is 37.2 Å². The highest BCUT2D eigenvalue weighted by Gasteiger charge is 2.20. The molecule has 0 bridgehead atoms. The second kappa shape index (κ2) is 7.84. The second-order valence-corrected chi connectivity index (χ2v) is 8.08. The summed E-state index contributed by atoms with van der Waals surface area (Å²) < 4.78 is 5.63. The van der Waals surface area contributed by atoms with Gasteiger partial charge in [0.05, 0.1) is 10.1 Å². The molecule has 2 heterocycles. The third kappa shape index (κ3) is 4.29. The van der Waals surface area contributed by atoms with Crippen LogP contribution in [-0.4, -0.2) is 21.4 Å². The first-order valence-electron chi connectivity index (χ1n) is 7.98. The number of carbonyl (C=O) groups excluding carboxylic acids is 1. The number of thiophene rings is 1. The number of thioether (sulfide) groups is 1. The number of hydrogen-bond donors (Lipinski definition) is 1. The largest absolute Gasteiger partial charge is 0.410 e. The molecule has 1 N–H and O–H groups in total. The monoisotopic (exact) mass is 373 g/mol. The molecule has 0 fully saturated rings. The van der Waals surface area contributed by atoms with E-state index < -0.39 is 0 Å². The number of rotatable bonds is 6. The molecule has 7 heteroatoms. The first-order valence-corrected chi connectivity index (χ1v) is 9.74. The summed E-state index contributed by atoms with van der Waals surface area (Å²) in [6.45, 7) is 6.04. The molecule has 2 aromatic heterocycles. The van der Waals surface area contributed by atoms with Gasteiger partial charge in [0.2, 0.25) is 5.91 Å². The van der Waals surface area contributed by atoms with Gasteiger partial charge in [-0.25, -0.2) is 0 Å². The number of benzene rings is 1. The van der Waals surface area contributed by atoms with Crippen molar-refractivity contribution in [3.63, 3.8) is 0 Å². The van der Waals surface area contributed by atoms with E-state index in [1.165, 1.54) is 23.1 Å². The summed E-state index contributed by atoms with van der Waals surface area (Å²) in [6, 6.07) is 11.7. The van der Waals surface area contributed by atoms with Gasteiger partial charge in [0.1, 0.15) is 0 Å². The molecule has 1 aromatic carbocycles. The van der Waals surface area contributed by atoms with E-state index in [4.69, 9.17) is 4.42 Å². The molecule has 3 rings (SSSR count). The van der Waals surface area contributed by atoms with Crippen molar-refractivity contribution in [1.82, 2.24) is 10.2 Å². The molecular formula is C18H19N3O2S2. The predicted octanol–water partition coefficient (Wildman–Crippen LogP) is 5.04. The zero-order chi connectivity index (χ0) is 17.8. The number of carbonyl (C=O) groups is 1. The Morgan fingerprint density at radius 2 is 1.96 bits per heavy atom. The Balaban J connectivity index is 1.65. The Morgan fingerprint density at radius 3 is 2.68 bits per heavy atom. The van der Waals surface area contributed by atoms with Gasteiger partial charge in [0, 0.05) is 5.69 Å². The van der Waals surface area contributed by atoms with Gasteiger partial charge in [-0.05, 0) is 35.9 Å². The average molecular weight is 374 g/mol. The van der Waals surface area contributed by atoms with E-state index in [9.17, 15) is 4.79 Å². The number of amides is 1. The van der Waals surface area contributed by atoms with E-state index in [-0.39, 0.29) is 11.2 Å². The number of para-hydroxylation sites is 1. The summed E-state index contributed by atoms with van der Waals surface area (Å²) in [4.78, 5) is 13.4. The molecule has 3 aromatic rings. The molecule has 5 nitrogen and oxygen atoms in total. The third-order valence-corrected chi connectivity index (χ3v) is 5.42. The number of nitrogens with one attached hydrogen (secondary N) is 1. The molecule has 0 aliphatic carbocycles. The first kappa shape index (κ1) is 17.7. The Bertz CT molecular complexity index is 844. The summed E-state index contributed by atoms with van der Waals surface area (Å²) in [5, 5.41) is 13.0. The summed E-state index contributed by atoms with van der Waals surface area (Å²) in [6.07, 6.45) is 0. The topological polar surface area (TPSA) is 68.0 Å². The van der Waals surface area contributed by atoms with Crippen LogP contribution in [0.15, 0.2) is 51.4 Å². The van der Waals surface area contributed by atoms with Crippen LogP contribution in [0.25, 0.3) is 10.8 Å². The van der Waals surface area contributed by atoms with E-state index in [1.54, 1.807) is 0 Å². The lowest BCUT2D eigenvalue weighted by Crippen LogP contribution is -2.23. The molecule has 0 spiro atoms. The lowest BCUT2D eigenvalue weighted by atomic mass is 10.0. The highest BCUT2D eigenvalue weighted by atomic mass is 32.2. The molecular weight excluding hydrogens is 354 g/mol. The van der Waals surface area contributed by atoms with Crippen molar-refractivity contribution in [2.24, 2.45) is 0 Å². The smallest absolute Gasteiger partial charge is 0.277 e. The van der Waals surface area contributed by atoms with Crippen LogP contribution in [-0.2, 0) is 4.79 Å². The Labute approximate surface area is 154 Å². The van der Waals surface area contributed by atoms with Gasteiger partial charge >= 0.3 is 0 Å². The molecule has 1 amide bonds. The zero-order valence-electron chi connectivity index (χ0n) is 14.2. The molecule has 25 heavy (non-hydrogen) atoms. The third-order valence-electron chi connectivity index (χ3n) is 3.63. The van der Waals surface area contributed by atoms with E-state index in [0.29, 0.717) is 17.0 Å². The van der Waals surface area contributed by atoms with Crippen LogP contribution < -0.4 is 5.32 Å². The fraction of sp³-hybridized carbons (Fsp3) is 0.278. The number of aromatic nitrogens is 2. The summed E-state index contributed by atoms with van der Waals surface area (Å²) in [5.74, 6) is 0.730. The molecule has 0 saturated carbocycles. The predicted molar refractivity (Wildman–Crippen MR) is 102 cm³/mol. The molecule has 130 valence electrons. The van der Waals surface area contributed by atoms with E-state index in [2.05, 4.69) is 29.4 Å². The maximum atomic E-state index is 12.5. The van der Waals surface area contributed by atoms with Crippen molar-refractivity contribution in [3.8, 4) is 10.8 Å². The second-order valence-electron chi connectivity index (χ2n) is 5.84. The lowest BCUT2D eigenvalue weighted by Gasteiger charge is -2.15. The summed E-state index contributed by atoms with van der Waals surface area (Å²) in [5.41, 5.74) is 1.96. The van der Waals surface area contributed by atoms with Crippen LogP contribution in [0.3, 0.4) is 0 Å². The van der Waals surface area contributed by atoms with Gasteiger partial charge < -0.3 is 9.73 Å². The number of nitrogens with zero attached hydrogens (tertiary/aromatic N) is 2. The molecule has 0 radical (unpaired) electrons. The molecule has 1 atom stereocenters. The molecule has 0 aliphatic rings. The SMILES string of the molecule is CC(C)c1ccccc1NC(=O)[C@H](C)Sc1nnc(-c2cccs2)o1. The van der Waals surface area contributed by atoms with Crippen molar-refractivity contribution in [3.05, 3.63) is 47.3 Å². The molecule has 0 aliphatic heterocycles. The van der Waals surface area contributed by atoms with Crippen molar-refractivity contribution in [2.75, 3.05) is 5.32 Å². The van der Waals surface area contributed by atoms with Crippen molar-refractivity contribution < 1.29 is 9.21 Å². The quantitative estimate of drug-likeness (QED) is 0.613. The van der Waals surface area contributed by atoms with Gasteiger partial charge in [-0.3, -0.25) is 4.79 Å². The van der Waals surface area contributed by atoms with E-state index >= 15 is 0 Å². The first-order chi connectivity index (χ1) is 12.0. The van der Waals surface area contributed by atoms with Crippen molar-refractivity contribution in [1.29, 1.82) is 0 Å². The maximum Gasteiger partial charge on any atom is 0.277 e. The summed E-state index contributed by atoms with van der Waals surface area (Å²) >= 11 is 2.79. The van der Waals surface area contributed by atoms with Gasteiger partial charge in [0.25, 0.3) is 11.1 Å². The van der Waals surface area contributed by atoms with Crippen LogP contribution in [0.5, 0.6) is 0 Å². The Hall–Kier alpha value is -2.12. The zero-order valence-corrected chi connectivity index (χ0v) is 15.9. The van der Waals surface area contributed by atoms with Gasteiger partial charge in [-0.15, -0.1) is 21.5 Å². The maximum absolute atomic E-state index is 12.5. The van der Waals surface area contributed by atoms with E-state index in [1.807, 2.05) is 48.7 Å². The average Bonchev–Trinajstić information content (AvgIpc) is 3.26. The summed E-state index contributed by atoms with van der Waals surface area (Å²) in [7, 11) is 0. The minimum absolute atomic E-state index is 0.0889. The molecule has 0 saturated heterocycles. The lowest BCUT2D eigenvalue weighted by molar-refractivity contribution is -0.115. The fourth-order valence-corrected chi connectivity index (χ4v) is 3.64. The van der Waals surface area contributed by atoms with Gasteiger partial charge in [-0.2, -0.15) is 0 Å². The standard InChI is InChI=1S/C18H19N3O2S2/c1-11(2)13-7-4-5-8-14(13)19-16(22)12(3)25-18-21-20-17(23-18)15-9-6-10-24-15/h4-12H,1-3H3,(H,19,22)/t12-/m0/s1. The minimum Gasteiger partial charge on any atom is -0.410 e. The Kier molecular flexibility index (Phi) is 5.55. The number of hydrogen-bond acceptors (Lipinski definition) is 6. The molecule has 0 unspecified atom stereocenters. The van der Waals surface area contributed by atoms with E-state index in [0.717, 1.165) is 16.1 Å². The minimum atomic E-state index is -0.350. The van der Waals surface area contributed by atoms with Crippen molar-refractivity contribution >= 4 is 34.7 Å². The highest BCUT2D eigenvalue weighted by molar-refractivity contribution is 8.00. The normalized spacial score (nSPS) is 12.3. The van der Waals surface area contributed by atoms with Gasteiger partial charge in [0.15, 0.2) is 0 Å². The van der Waals surface area contributed by atoms with Crippen LogP contribution in [0, 0.1) is 0 Å². The highest BCUT2D eigenvalue weighted by Crippen LogP contribution is 2.29. The fourth-order valence-electron chi connectivity index (χ4n) is 2.31.